The van der Waals surface area contributed by atoms with Crippen LogP contribution in [-0.4, -0.2) is 24.5 Å². The minimum atomic E-state index is 0.735. The fourth-order valence-electron chi connectivity index (χ4n) is 1.16. The van der Waals surface area contributed by atoms with E-state index in [2.05, 4.69) is 26.9 Å². The van der Waals surface area contributed by atoms with Gasteiger partial charge in [0.2, 0.25) is 0 Å². The monoisotopic (exact) mass is 165 g/mol. The molecule has 1 saturated heterocycles. The average molecular weight is 165 g/mol. The van der Waals surface area contributed by atoms with Crippen molar-refractivity contribution in [3.8, 4) is 0 Å². The van der Waals surface area contributed by atoms with Crippen LogP contribution in [0.3, 0.4) is 0 Å². The molecule has 0 spiro atoms. The van der Waals surface area contributed by atoms with E-state index in [1.165, 1.54) is 19.4 Å². The molecular weight excluding hydrogens is 152 g/mol. The van der Waals surface area contributed by atoms with Crippen molar-refractivity contribution in [1.82, 2.24) is 10.6 Å². The topological polar surface area (TPSA) is 24.1 Å². The Balaban J connectivity index is 1.98. The van der Waals surface area contributed by atoms with E-state index in [4.69, 9.17) is 0 Å². The van der Waals surface area contributed by atoms with Gasteiger partial charge in [-0.15, -0.1) is 0 Å². The normalized spacial score (nSPS) is 26.9. The number of hydrogen-bond donors (Lipinski definition) is 2. The zero-order chi connectivity index (χ0) is 6.53. The molecule has 0 aromatic heterocycles. The maximum atomic E-state index is 3.42. The van der Waals surface area contributed by atoms with Gasteiger partial charge >= 0.3 is 64.3 Å². The molecule has 0 aliphatic carbocycles. The van der Waals surface area contributed by atoms with Gasteiger partial charge < -0.3 is 0 Å². The summed E-state index contributed by atoms with van der Waals surface area (Å²) in [6, 6.07) is 0.735. The van der Waals surface area contributed by atoms with Crippen molar-refractivity contribution in [1.29, 1.82) is 0 Å². The van der Waals surface area contributed by atoms with Crippen molar-refractivity contribution in [2.45, 2.75) is 18.9 Å². The summed E-state index contributed by atoms with van der Waals surface area (Å²) in [7, 11) is 0. The first kappa shape index (κ1) is 7.56. The third kappa shape index (κ3) is 2.68. The molecule has 2 N–H and O–H groups in total. The SMILES string of the molecule is [Cr][CH2]NCC1CCCN1. The zero-order valence-corrected chi connectivity index (χ0v) is 6.80. The minimum absolute atomic E-state index is 0.735. The molecule has 1 aliphatic heterocycles. The van der Waals surface area contributed by atoms with E-state index < -0.39 is 0 Å². The Kier molecular flexibility index (Phi) is 3.61. The van der Waals surface area contributed by atoms with Crippen LogP contribution < -0.4 is 10.6 Å². The van der Waals surface area contributed by atoms with Crippen molar-refractivity contribution in [2.24, 2.45) is 0 Å². The van der Waals surface area contributed by atoms with Crippen LogP contribution in [-0.2, 0) is 16.3 Å². The van der Waals surface area contributed by atoms with Crippen LogP contribution in [0.4, 0.5) is 0 Å². The predicted molar refractivity (Wildman–Crippen MR) is 33.9 cm³/mol. The Morgan fingerprint density at radius 1 is 1.67 bits per heavy atom. The molecule has 0 amide bonds. The molecule has 53 valence electrons. The average Bonchev–Trinajstić information content (AvgIpc) is 2.34. The maximum absolute atomic E-state index is 3.42. The Labute approximate surface area is 64.8 Å². The number of rotatable bonds is 3. The summed E-state index contributed by atoms with van der Waals surface area (Å²) in [4.78, 5) is 0. The van der Waals surface area contributed by atoms with Crippen molar-refractivity contribution in [2.75, 3.05) is 18.5 Å². The third-order valence-corrected chi connectivity index (χ3v) is 1.97. The molecule has 1 heterocycles. The molecule has 0 saturated carbocycles. The van der Waals surface area contributed by atoms with Gasteiger partial charge in [-0.3, -0.25) is 0 Å². The predicted octanol–water partition coefficient (Wildman–Crippen LogP) is -0.168. The van der Waals surface area contributed by atoms with Gasteiger partial charge in [-0.2, -0.15) is 0 Å². The number of nitrogens with one attached hydrogen (secondary N) is 2. The van der Waals surface area contributed by atoms with E-state index in [-0.39, 0.29) is 0 Å². The van der Waals surface area contributed by atoms with Crippen LogP contribution in [0.5, 0.6) is 0 Å². The van der Waals surface area contributed by atoms with Crippen LogP contribution in [0.2, 0.25) is 0 Å². The summed E-state index contributed by atoms with van der Waals surface area (Å²) in [5, 5.41) is 7.66. The molecular formula is C6H13CrN2. The molecule has 0 aromatic carbocycles. The van der Waals surface area contributed by atoms with Gasteiger partial charge in [0, 0.05) is 0 Å². The summed E-state index contributed by atoms with van der Waals surface area (Å²) < 4.78 is 0. The summed E-state index contributed by atoms with van der Waals surface area (Å²) in [6.45, 7) is 2.33. The fourth-order valence-corrected chi connectivity index (χ4v) is 1.35. The Hall–Kier alpha value is 0.452. The third-order valence-electron chi connectivity index (χ3n) is 1.66. The zero-order valence-electron chi connectivity index (χ0n) is 5.52. The van der Waals surface area contributed by atoms with Crippen LogP contribution in [0, 0.1) is 0 Å². The van der Waals surface area contributed by atoms with Crippen LogP contribution in [0.25, 0.3) is 0 Å². The van der Waals surface area contributed by atoms with Gasteiger partial charge in [0.15, 0.2) is 0 Å². The molecule has 3 heteroatoms. The van der Waals surface area contributed by atoms with Crippen molar-refractivity contribution in [3.63, 3.8) is 0 Å². The quantitative estimate of drug-likeness (QED) is 0.607. The summed E-state index contributed by atoms with van der Waals surface area (Å²) in [6.07, 6.45) is 2.69. The molecule has 2 nitrogen and oxygen atoms in total. The molecule has 1 aliphatic rings. The second kappa shape index (κ2) is 4.30. The van der Waals surface area contributed by atoms with Crippen molar-refractivity contribution >= 4 is 0 Å². The molecule has 0 radical (unpaired) electrons. The summed E-state index contributed by atoms with van der Waals surface area (Å²) in [5.41, 5.74) is 0. The van der Waals surface area contributed by atoms with E-state index in [9.17, 15) is 0 Å². The first-order valence-electron chi connectivity index (χ1n) is 3.45. The second-order valence-corrected chi connectivity index (χ2v) is 2.84. The van der Waals surface area contributed by atoms with E-state index in [0.717, 1.165) is 18.0 Å². The van der Waals surface area contributed by atoms with E-state index in [1.54, 1.807) is 0 Å². The Bertz CT molecular complexity index is 71.5. The number of hydrogen-bond acceptors (Lipinski definition) is 2. The van der Waals surface area contributed by atoms with Gasteiger partial charge in [0.05, 0.1) is 0 Å². The molecule has 1 unspecified atom stereocenters. The second-order valence-electron chi connectivity index (χ2n) is 2.39. The molecule has 9 heavy (non-hydrogen) atoms. The summed E-state index contributed by atoms with van der Waals surface area (Å²) in [5.74, 6) is 0. The fraction of sp³-hybridized carbons (Fsp3) is 1.00. The van der Waals surface area contributed by atoms with Crippen LogP contribution in [0.1, 0.15) is 12.8 Å². The summed E-state index contributed by atoms with van der Waals surface area (Å²) >= 11 is 2.93. The molecule has 1 atom stereocenters. The molecule has 1 fully saturated rings. The van der Waals surface area contributed by atoms with Gasteiger partial charge in [-0.25, -0.2) is 0 Å². The standard InChI is InChI=1S/C6H13N2.Cr/c1-7-5-6-3-2-4-8-6;/h6-8H,1-5H2;. The molecule has 0 aromatic rings. The molecule has 1 rings (SSSR count). The first-order valence-corrected chi connectivity index (χ1v) is 4.36. The van der Waals surface area contributed by atoms with Gasteiger partial charge in [-0.05, 0) is 0 Å². The van der Waals surface area contributed by atoms with E-state index in [0.29, 0.717) is 0 Å². The van der Waals surface area contributed by atoms with Gasteiger partial charge in [-0.1, -0.05) is 0 Å². The first-order chi connectivity index (χ1) is 4.43. The van der Waals surface area contributed by atoms with E-state index in [1.807, 2.05) is 0 Å². The van der Waals surface area contributed by atoms with E-state index >= 15 is 0 Å². The van der Waals surface area contributed by atoms with Crippen molar-refractivity contribution < 1.29 is 16.3 Å². The Morgan fingerprint density at radius 2 is 2.56 bits per heavy atom. The van der Waals surface area contributed by atoms with Gasteiger partial charge in [0.1, 0.15) is 0 Å². The van der Waals surface area contributed by atoms with Gasteiger partial charge in [0.25, 0.3) is 0 Å². The molecule has 0 bridgehead atoms. The van der Waals surface area contributed by atoms with Crippen molar-refractivity contribution in [3.05, 3.63) is 0 Å². The Morgan fingerprint density at radius 3 is 3.11 bits per heavy atom. The van der Waals surface area contributed by atoms with Crippen LogP contribution in [0.15, 0.2) is 0 Å². The van der Waals surface area contributed by atoms with Crippen LogP contribution >= 0.6 is 0 Å².